The van der Waals surface area contributed by atoms with Gasteiger partial charge in [0.25, 0.3) is 0 Å². The second-order valence-electron chi connectivity index (χ2n) is 6.88. The number of hydrogen-bond acceptors (Lipinski definition) is 3. The van der Waals surface area contributed by atoms with E-state index in [1.54, 1.807) is 0 Å². The van der Waals surface area contributed by atoms with Crippen LogP contribution in [0.25, 0.3) is 0 Å². The van der Waals surface area contributed by atoms with E-state index >= 15 is 0 Å². The van der Waals surface area contributed by atoms with E-state index in [-0.39, 0.29) is 18.0 Å². The fourth-order valence-corrected chi connectivity index (χ4v) is 3.64. The number of urea groups is 1. The van der Waals surface area contributed by atoms with Crippen LogP contribution in [0.15, 0.2) is 0 Å². The van der Waals surface area contributed by atoms with Gasteiger partial charge in [-0.25, -0.2) is 4.79 Å². The highest BCUT2D eigenvalue weighted by Gasteiger charge is 2.36. The van der Waals surface area contributed by atoms with Gasteiger partial charge in [-0.05, 0) is 38.6 Å². The molecule has 21 heavy (non-hydrogen) atoms. The summed E-state index contributed by atoms with van der Waals surface area (Å²) in [7, 11) is 2.22. The van der Waals surface area contributed by atoms with E-state index in [4.69, 9.17) is 0 Å². The molecule has 2 amide bonds. The molecule has 5 heteroatoms. The van der Waals surface area contributed by atoms with E-state index in [0.717, 1.165) is 19.3 Å². The molecule has 4 unspecified atom stereocenters. The van der Waals surface area contributed by atoms with Crippen LogP contribution in [0, 0.1) is 5.92 Å². The summed E-state index contributed by atoms with van der Waals surface area (Å²) in [6.07, 6.45) is 6.38. The zero-order valence-electron chi connectivity index (χ0n) is 13.6. The third-order valence-electron chi connectivity index (χ3n) is 5.45. The third-order valence-corrected chi connectivity index (χ3v) is 5.45. The first-order chi connectivity index (χ1) is 10.0. The Morgan fingerprint density at radius 2 is 1.95 bits per heavy atom. The van der Waals surface area contributed by atoms with Crippen molar-refractivity contribution in [3.63, 3.8) is 0 Å². The van der Waals surface area contributed by atoms with Crippen LogP contribution in [0.1, 0.15) is 52.4 Å². The van der Waals surface area contributed by atoms with Gasteiger partial charge in [0.15, 0.2) is 0 Å². The standard InChI is InChI=1S/C16H31N3O2/c1-4-11(2)15(20)10-17-16(21)18-12-8-13-6-5-7-14(9-12)19(13)3/h11-15,20H,4-10H2,1-3H3,(H2,17,18,21). The van der Waals surface area contributed by atoms with Crippen molar-refractivity contribution in [2.75, 3.05) is 13.6 Å². The number of nitrogens with zero attached hydrogens (tertiary/aromatic N) is 1. The predicted molar refractivity (Wildman–Crippen MR) is 84.2 cm³/mol. The largest absolute Gasteiger partial charge is 0.391 e. The van der Waals surface area contributed by atoms with Gasteiger partial charge in [-0.1, -0.05) is 26.7 Å². The molecule has 2 aliphatic heterocycles. The first-order valence-electron chi connectivity index (χ1n) is 8.45. The van der Waals surface area contributed by atoms with Gasteiger partial charge in [0.05, 0.1) is 6.10 Å². The first-order valence-corrected chi connectivity index (χ1v) is 8.45. The maximum atomic E-state index is 12.0. The first kappa shape index (κ1) is 16.6. The van der Waals surface area contributed by atoms with Crippen molar-refractivity contribution in [3.8, 4) is 0 Å². The highest BCUT2D eigenvalue weighted by atomic mass is 16.3. The summed E-state index contributed by atoms with van der Waals surface area (Å²) in [6.45, 7) is 4.38. The van der Waals surface area contributed by atoms with Crippen molar-refractivity contribution >= 4 is 6.03 Å². The van der Waals surface area contributed by atoms with Gasteiger partial charge in [-0.2, -0.15) is 0 Å². The highest BCUT2D eigenvalue weighted by Crippen LogP contribution is 2.32. The Morgan fingerprint density at radius 3 is 2.52 bits per heavy atom. The molecule has 3 N–H and O–H groups in total. The Labute approximate surface area is 128 Å². The lowest BCUT2D eigenvalue weighted by molar-refractivity contribution is 0.0505. The second-order valence-corrected chi connectivity index (χ2v) is 6.88. The molecule has 122 valence electrons. The molecule has 0 spiro atoms. The summed E-state index contributed by atoms with van der Waals surface area (Å²) in [5.41, 5.74) is 0. The SMILES string of the molecule is CCC(C)C(O)CNC(=O)NC1CC2CCCC(C1)N2C. The molecule has 2 rings (SSSR count). The molecule has 0 aromatic heterocycles. The number of nitrogens with one attached hydrogen (secondary N) is 2. The van der Waals surface area contributed by atoms with E-state index in [2.05, 4.69) is 22.6 Å². The average Bonchev–Trinajstić information content (AvgIpc) is 2.45. The highest BCUT2D eigenvalue weighted by molar-refractivity contribution is 5.74. The summed E-state index contributed by atoms with van der Waals surface area (Å²) in [5.74, 6) is 0.216. The zero-order chi connectivity index (χ0) is 15.4. The lowest BCUT2D eigenvalue weighted by Gasteiger charge is -2.47. The van der Waals surface area contributed by atoms with Crippen molar-refractivity contribution in [1.29, 1.82) is 0 Å². The molecule has 2 bridgehead atoms. The lowest BCUT2D eigenvalue weighted by Crippen LogP contribution is -2.56. The van der Waals surface area contributed by atoms with Gasteiger partial charge < -0.3 is 20.6 Å². The smallest absolute Gasteiger partial charge is 0.315 e. The van der Waals surface area contributed by atoms with Crippen LogP contribution in [0.5, 0.6) is 0 Å². The molecular weight excluding hydrogens is 266 g/mol. The topological polar surface area (TPSA) is 64.6 Å². The number of hydrogen-bond donors (Lipinski definition) is 3. The number of aliphatic hydroxyl groups is 1. The monoisotopic (exact) mass is 297 g/mol. The Balaban J connectivity index is 1.73. The van der Waals surface area contributed by atoms with E-state index < -0.39 is 6.10 Å². The van der Waals surface area contributed by atoms with E-state index in [1.165, 1.54) is 19.3 Å². The van der Waals surface area contributed by atoms with Crippen LogP contribution in [0.3, 0.4) is 0 Å². The molecule has 5 nitrogen and oxygen atoms in total. The molecule has 0 aromatic rings. The van der Waals surface area contributed by atoms with Gasteiger partial charge in [0, 0.05) is 24.7 Å². The summed E-state index contributed by atoms with van der Waals surface area (Å²) in [6, 6.07) is 1.38. The summed E-state index contributed by atoms with van der Waals surface area (Å²) >= 11 is 0. The number of fused-ring (bicyclic) bond motifs is 2. The van der Waals surface area contributed by atoms with Gasteiger partial charge >= 0.3 is 6.03 Å². The Hall–Kier alpha value is -0.810. The minimum Gasteiger partial charge on any atom is -0.391 e. The van der Waals surface area contributed by atoms with Crippen molar-refractivity contribution in [2.24, 2.45) is 5.92 Å². The van der Waals surface area contributed by atoms with Gasteiger partial charge in [0.1, 0.15) is 0 Å². The second kappa shape index (κ2) is 7.45. The maximum Gasteiger partial charge on any atom is 0.315 e. The molecule has 0 aliphatic carbocycles. The summed E-state index contributed by atoms with van der Waals surface area (Å²) < 4.78 is 0. The van der Waals surface area contributed by atoms with Gasteiger partial charge in [-0.3, -0.25) is 0 Å². The molecule has 2 aliphatic rings. The Morgan fingerprint density at radius 1 is 1.33 bits per heavy atom. The van der Waals surface area contributed by atoms with Crippen molar-refractivity contribution in [2.45, 2.75) is 76.6 Å². The van der Waals surface area contributed by atoms with Crippen molar-refractivity contribution in [1.82, 2.24) is 15.5 Å². The number of aliphatic hydroxyl groups excluding tert-OH is 1. The molecular formula is C16H31N3O2. The minimum absolute atomic E-state index is 0.134. The third kappa shape index (κ3) is 4.33. The average molecular weight is 297 g/mol. The van der Waals surface area contributed by atoms with Crippen LogP contribution in [0.4, 0.5) is 4.79 Å². The van der Waals surface area contributed by atoms with E-state index in [9.17, 15) is 9.90 Å². The molecule has 0 saturated carbocycles. The molecule has 0 aromatic carbocycles. The van der Waals surface area contributed by atoms with E-state index in [1.807, 2.05) is 13.8 Å². The molecule has 2 fully saturated rings. The molecule has 4 atom stereocenters. The quantitative estimate of drug-likeness (QED) is 0.724. The zero-order valence-corrected chi connectivity index (χ0v) is 13.6. The van der Waals surface area contributed by atoms with Crippen molar-refractivity contribution in [3.05, 3.63) is 0 Å². The van der Waals surface area contributed by atoms with Crippen LogP contribution in [0.2, 0.25) is 0 Å². The number of amides is 2. The van der Waals surface area contributed by atoms with E-state index in [0.29, 0.717) is 18.6 Å². The van der Waals surface area contributed by atoms with Crippen molar-refractivity contribution < 1.29 is 9.90 Å². The maximum absolute atomic E-state index is 12.0. The molecule has 0 radical (unpaired) electrons. The van der Waals surface area contributed by atoms with Crippen LogP contribution < -0.4 is 10.6 Å². The Bertz CT molecular complexity index is 336. The van der Waals surface area contributed by atoms with Crippen LogP contribution in [-0.4, -0.2) is 53.9 Å². The fraction of sp³-hybridized carbons (Fsp3) is 0.938. The number of piperidine rings is 2. The number of carbonyl (C=O) groups is 1. The lowest BCUT2D eigenvalue weighted by atomic mass is 9.82. The van der Waals surface area contributed by atoms with Gasteiger partial charge in [-0.15, -0.1) is 0 Å². The minimum atomic E-state index is -0.461. The van der Waals surface area contributed by atoms with Crippen LogP contribution in [-0.2, 0) is 0 Å². The molecule has 2 saturated heterocycles. The Kier molecular flexibility index (Phi) is 5.88. The number of carbonyl (C=O) groups excluding carboxylic acids is 1. The normalized spacial score (nSPS) is 32.3. The molecule has 2 heterocycles. The predicted octanol–water partition coefficient (Wildman–Crippen LogP) is 1.71. The summed E-state index contributed by atoms with van der Waals surface area (Å²) in [5, 5.41) is 15.8. The van der Waals surface area contributed by atoms with Gasteiger partial charge in [0.2, 0.25) is 0 Å². The fourth-order valence-electron chi connectivity index (χ4n) is 3.64. The number of rotatable bonds is 5. The van der Waals surface area contributed by atoms with Crippen LogP contribution >= 0.6 is 0 Å². The summed E-state index contributed by atoms with van der Waals surface area (Å²) in [4.78, 5) is 14.5.